The summed E-state index contributed by atoms with van der Waals surface area (Å²) < 4.78 is 5.23. The Morgan fingerprint density at radius 3 is 2.64 bits per heavy atom. The molecular formula is C12H18O2. The zero-order valence-electron chi connectivity index (χ0n) is 9.01. The van der Waals surface area contributed by atoms with Crippen molar-refractivity contribution in [2.45, 2.75) is 46.0 Å². The summed E-state index contributed by atoms with van der Waals surface area (Å²) in [6.07, 6.45) is 7.93. The molecule has 0 saturated heterocycles. The maximum Gasteiger partial charge on any atom is 0.185 e. The molecule has 0 spiro atoms. The molecule has 78 valence electrons. The SMILES string of the molecule is CCCCc1coc(C=O)c1CCC. The van der Waals surface area contributed by atoms with Crippen LogP contribution in [0, 0.1) is 0 Å². The van der Waals surface area contributed by atoms with Gasteiger partial charge in [0.1, 0.15) is 0 Å². The van der Waals surface area contributed by atoms with Gasteiger partial charge in [-0.1, -0.05) is 26.7 Å². The van der Waals surface area contributed by atoms with Gasteiger partial charge in [0.05, 0.1) is 6.26 Å². The van der Waals surface area contributed by atoms with Gasteiger partial charge in [0.25, 0.3) is 0 Å². The number of aldehydes is 1. The molecular weight excluding hydrogens is 176 g/mol. The fourth-order valence-electron chi connectivity index (χ4n) is 1.64. The molecule has 0 aliphatic heterocycles. The Balaban J connectivity index is 2.80. The van der Waals surface area contributed by atoms with Crippen molar-refractivity contribution in [3.63, 3.8) is 0 Å². The lowest BCUT2D eigenvalue weighted by Crippen LogP contribution is -1.93. The van der Waals surface area contributed by atoms with Crippen molar-refractivity contribution < 1.29 is 9.21 Å². The number of aryl methyl sites for hydroxylation is 1. The van der Waals surface area contributed by atoms with Gasteiger partial charge in [0.15, 0.2) is 12.0 Å². The summed E-state index contributed by atoms with van der Waals surface area (Å²) in [5.74, 6) is 0.526. The van der Waals surface area contributed by atoms with Gasteiger partial charge in [-0.2, -0.15) is 0 Å². The molecule has 2 nitrogen and oxygen atoms in total. The number of carbonyl (C=O) groups excluding carboxylic acids is 1. The van der Waals surface area contributed by atoms with Gasteiger partial charge >= 0.3 is 0 Å². The molecule has 0 fully saturated rings. The van der Waals surface area contributed by atoms with Crippen LogP contribution in [0.15, 0.2) is 10.7 Å². The second kappa shape index (κ2) is 5.63. The number of furan rings is 1. The zero-order valence-corrected chi connectivity index (χ0v) is 9.01. The standard InChI is InChI=1S/C12H18O2/c1-3-5-7-10-9-14-12(8-13)11(10)6-4-2/h8-9H,3-7H2,1-2H3. The van der Waals surface area contributed by atoms with E-state index in [2.05, 4.69) is 13.8 Å². The predicted molar refractivity (Wildman–Crippen MR) is 56.7 cm³/mol. The van der Waals surface area contributed by atoms with E-state index in [-0.39, 0.29) is 0 Å². The summed E-state index contributed by atoms with van der Waals surface area (Å²) >= 11 is 0. The van der Waals surface area contributed by atoms with E-state index in [4.69, 9.17) is 4.42 Å². The van der Waals surface area contributed by atoms with Gasteiger partial charge in [0.2, 0.25) is 0 Å². The smallest absolute Gasteiger partial charge is 0.185 e. The Hall–Kier alpha value is -1.05. The number of hydrogen-bond donors (Lipinski definition) is 0. The third kappa shape index (κ3) is 2.47. The second-order valence-electron chi connectivity index (χ2n) is 3.58. The van der Waals surface area contributed by atoms with Gasteiger partial charge in [-0.15, -0.1) is 0 Å². The third-order valence-electron chi connectivity index (χ3n) is 2.42. The lowest BCUT2D eigenvalue weighted by molar-refractivity contribution is 0.109. The van der Waals surface area contributed by atoms with Crippen LogP contribution in [0.2, 0.25) is 0 Å². The Morgan fingerprint density at radius 1 is 1.29 bits per heavy atom. The van der Waals surface area contributed by atoms with Crippen LogP contribution in [-0.2, 0) is 12.8 Å². The minimum atomic E-state index is 0.526. The monoisotopic (exact) mass is 194 g/mol. The molecule has 0 aromatic carbocycles. The lowest BCUT2D eigenvalue weighted by Gasteiger charge is -2.00. The molecule has 2 heteroatoms. The maximum absolute atomic E-state index is 10.7. The molecule has 0 unspecified atom stereocenters. The Labute approximate surface area is 85.3 Å². The molecule has 0 saturated carbocycles. The molecule has 0 atom stereocenters. The summed E-state index contributed by atoms with van der Waals surface area (Å²) in [5, 5.41) is 0. The third-order valence-corrected chi connectivity index (χ3v) is 2.42. The predicted octanol–water partition coefficient (Wildman–Crippen LogP) is 3.39. The summed E-state index contributed by atoms with van der Waals surface area (Å²) in [6, 6.07) is 0. The second-order valence-corrected chi connectivity index (χ2v) is 3.58. The van der Waals surface area contributed by atoms with Crippen LogP contribution in [-0.4, -0.2) is 6.29 Å². The zero-order chi connectivity index (χ0) is 10.4. The average Bonchev–Trinajstić information content (AvgIpc) is 2.58. The Kier molecular flexibility index (Phi) is 4.44. The Bertz CT molecular complexity index is 287. The van der Waals surface area contributed by atoms with Gasteiger partial charge in [-0.05, 0) is 24.8 Å². The molecule has 1 heterocycles. The first-order valence-electron chi connectivity index (χ1n) is 5.37. The molecule has 1 rings (SSSR count). The highest BCUT2D eigenvalue weighted by Gasteiger charge is 2.11. The van der Waals surface area contributed by atoms with E-state index < -0.39 is 0 Å². The van der Waals surface area contributed by atoms with Crippen molar-refractivity contribution in [2.75, 3.05) is 0 Å². The van der Waals surface area contributed by atoms with Crippen LogP contribution >= 0.6 is 0 Å². The number of unbranched alkanes of at least 4 members (excludes halogenated alkanes) is 1. The van der Waals surface area contributed by atoms with Crippen LogP contribution < -0.4 is 0 Å². The van der Waals surface area contributed by atoms with Crippen LogP contribution in [0.1, 0.15) is 54.8 Å². The molecule has 0 radical (unpaired) electrons. The minimum Gasteiger partial charge on any atom is -0.461 e. The van der Waals surface area contributed by atoms with Crippen molar-refractivity contribution in [3.05, 3.63) is 23.2 Å². The quantitative estimate of drug-likeness (QED) is 0.650. The molecule has 0 aliphatic carbocycles. The molecule has 1 aromatic heterocycles. The van der Waals surface area contributed by atoms with Gasteiger partial charge in [-0.25, -0.2) is 0 Å². The number of hydrogen-bond acceptors (Lipinski definition) is 2. The summed E-state index contributed by atoms with van der Waals surface area (Å²) in [5.41, 5.74) is 2.34. The summed E-state index contributed by atoms with van der Waals surface area (Å²) in [7, 11) is 0. The fourth-order valence-corrected chi connectivity index (χ4v) is 1.64. The van der Waals surface area contributed by atoms with E-state index in [1.54, 1.807) is 6.26 Å². The van der Waals surface area contributed by atoms with Crippen molar-refractivity contribution in [1.29, 1.82) is 0 Å². The van der Waals surface area contributed by atoms with Crippen LogP contribution in [0.3, 0.4) is 0 Å². The van der Waals surface area contributed by atoms with Crippen LogP contribution in [0.4, 0.5) is 0 Å². The van der Waals surface area contributed by atoms with E-state index in [1.807, 2.05) is 0 Å². The van der Waals surface area contributed by atoms with E-state index in [1.165, 1.54) is 12.0 Å². The molecule has 1 aromatic rings. The van der Waals surface area contributed by atoms with Gasteiger partial charge in [-0.3, -0.25) is 4.79 Å². The highest BCUT2D eigenvalue weighted by molar-refractivity contribution is 5.73. The lowest BCUT2D eigenvalue weighted by atomic mass is 10.0. The van der Waals surface area contributed by atoms with Crippen molar-refractivity contribution in [3.8, 4) is 0 Å². The van der Waals surface area contributed by atoms with Gasteiger partial charge < -0.3 is 4.42 Å². The fraction of sp³-hybridized carbons (Fsp3) is 0.583. The maximum atomic E-state index is 10.7. The highest BCUT2D eigenvalue weighted by Crippen LogP contribution is 2.19. The first-order chi connectivity index (χ1) is 6.83. The first-order valence-corrected chi connectivity index (χ1v) is 5.37. The summed E-state index contributed by atoms with van der Waals surface area (Å²) in [6.45, 7) is 4.28. The number of rotatable bonds is 6. The Morgan fingerprint density at radius 2 is 2.07 bits per heavy atom. The first kappa shape index (κ1) is 11.0. The van der Waals surface area contributed by atoms with Crippen molar-refractivity contribution in [1.82, 2.24) is 0 Å². The average molecular weight is 194 g/mol. The van der Waals surface area contributed by atoms with Crippen molar-refractivity contribution >= 4 is 6.29 Å². The number of carbonyl (C=O) groups is 1. The molecule has 0 bridgehead atoms. The van der Waals surface area contributed by atoms with E-state index in [9.17, 15) is 4.79 Å². The normalized spacial score (nSPS) is 10.4. The molecule has 0 amide bonds. The van der Waals surface area contributed by atoms with E-state index in [0.717, 1.165) is 37.5 Å². The van der Waals surface area contributed by atoms with Crippen molar-refractivity contribution in [2.24, 2.45) is 0 Å². The van der Waals surface area contributed by atoms with E-state index in [0.29, 0.717) is 5.76 Å². The minimum absolute atomic E-state index is 0.526. The molecule has 0 N–H and O–H groups in total. The van der Waals surface area contributed by atoms with Crippen LogP contribution in [0.25, 0.3) is 0 Å². The summed E-state index contributed by atoms with van der Waals surface area (Å²) in [4.78, 5) is 10.7. The van der Waals surface area contributed by atoms with Crippen LogP contribution in [0.5, 0.6) is 0 Å². The largest absolute Gasteiger partial charge is 0.461 e. The highest BCUT2D eigenvalue weighted by atomic mass is 16.3. The van der Waals surface area contributed by atoms with Gasteiger partial charge in [0, 0.05) is 5.56 Å². The topological polar surface area (TPSA) is 30.2 Å². The molecule has 14 heavy (non-hydrogen) atoms. The molecule has 0 aliphatic rings. The van der Waals surface area contributed by atoms with E-state index >= 15 is 0 Å².